The number of carbonyl (C=O) groups excluding carboxylic acids is 1. The summed E-state index contributed by atoms with van der Waals surface area (Å²) in [5.41, 5.74) is 0.643. The maximum atomic E-state index is 12.4. The van der Waals surface area contributed by atoms with E-state index in [0.29, 0.717) is 25.0 Å². The number of fused-ring (bicyclic) bond motifs is 1. The van der Waals surface area contributed by atoms with Gasteiger partial charge in [0.2, 0.25) is 0 Å². The number of aromatic nitrogens is 3. The van der Waals surface area contributed by atoms with Crippen molar-refractivity contribution in [3.05, 3.63) is 30.5 Å². The van der Waals surface area contributed by atoms with Crippen LogP contribution < -0.4 is 0 Å². The SMILES string of the molecule is O=C(O)[C@@H]1CCCN1C(=O)c1nccn2ccnc12. The van der Waals surface area contributed by atoms with Gasteiger partial charge in [-0.25, -0.2) is 14.8 Å². The smallest absolute Gasteiger partial charge is 0.326 e. The van der Waals surface area contributed by atoms with E-state index in [1.807, 2.05) is 0 Å². The second kappa shape index (κ2) is 4.34. The van der Waals surface area contributed by atoms with Gasteiger partial charge in [0.25, 0.3) is 5.91 Å². The number of rotatable bonds is 2. The van der Waals surface area contributed by atoms with Gasteiger partial charge < -0.3 is 14.4 Å². The van der Waals surface area contributed by atoms with Gasteiger partial charge in [-0.05, 0) is 12.8 Å². The summed E-state index contributed by atoms with van der Waals surface area (Å²) in [6.07, 6.45) is 7.67. The lowest BCUT2D eigenvalue weighted by molar-refractivity contribution is -0.141. The lowest BCUT2D eigenvalue weighted by Crippen LogP contribution is -2.40. The van der Waals surface area contributed by atoms with Crippen LogP contribution in [0.25, 0.3) is 5.65 Å². The molecule has 1 aliphatic heterocycles. The highest BCUT2D eigenvalue weighted by atomic mass is 16.4. The van der Waals surface area contributed by atoms with Gasteiger partial charge in [0.1, 0.15) is 6.04 Å². The van der Waals surface area contributed by atoms with E-state index in [1.54, 1.807) is 23.0 Å². The summed E-state index contributed by atoms with van der Waals surface area (Å²) in [7, 11) is 0. The summed E-state index contributed by atoms with van der Waals surface area (Å²) >= 11 is 0. The van der Waals surface area contributed by atoms with Crippen molar-refractivity contribution in [2.24, 2.45) is 0 Å². The van der Waals surface area contributed by atoms with E-state index in [9.17, 15) is 9.59 Å². The average Bonchev–Trinajstić information content (AvgIpc) is 3.05. The van der Waals surface area contributed by atoms with Gasteiger partial charge in [0.05, 0.1) is 0 Å². The number of imidazole rings is 1. The molecule has 0 radical (unpaired) electrons. The zero-order valence-corrected chi connectivity index (χ0v) is 10.1. The second-order valence-corrected chi connectivity index (χ2v) is 4.43. The molecule has 1 N–H and O–H groups in total. The maximum Gasteiger partial charge on any atom is 0.326 e. The maximum absolute atomic E-state index is 12.4. The van der Waals surface area contributed by atoms with Gasteiger partial charge in [-0.2, -0.15) is 0 Å². The summed E-state index contributed by atoms with van der Waals surface area (Å²) < 4.78 is 1.69. The van der Waals surface area contributed by atoms with Crippen LogP contribution in [0.2, 0.25) is 0 Å². The fourth-order valence-corrected chi connectivity index (χ4v) is 2.41. The molecule has 3 rings (SSSR count). The molecule has 1 saturated heterocycles. The molecule has 0 spiro atoms. The van der Waals surface area contributed by atoms with Crippen LogP contribution in [-0.4, -0.2) is 48.8 Å². The van der Waals surface area contributed by atoms with Crippen molar-refractivity contribution < 1.29 is 14.7 Å². The van der Waals surface area contributed by atoms with Crippen molar-refractivity contribution in [3.63, 3.8) is 0 Å². The van der Waals surface area contributed by atoms with E-state index in [0.717, 1.165) is 0 Å². The van der Waals surface area contributed by atoms with Crippen molar-refractivity contribution in [2.75, 3.05) is 6.54 Å². The predicted octanol–water partition coefficient (Wildman–Crippen LogP) is 0.418. The first kappa shape index (κ1) is 11.6. The summed E-state index contributed by atoms with van der Waals surface area (Å²) in [5.74, 6) is -1.34. The van der Waals surface area contributed by atoms with Gasteiger partial charge >= 0.3 is 5.97 Å². The van der Waals surface area contributed by atoms with E-state index >= 15 is 0 Å². The van der Waals surface area contributed by atoms with Crippen molar-refractivity contribution in [3.8, 4) is 0 Å². The molecule has 2 aromatic heterocycles. The summed E-state index contributed by atoms with van der Waals surface area (Å²) in [5, 5.41) is 9.12. The number of aliphatic carboxylic acids is 1. The van der Waals surface area contributed by atoms with Crippen LogP contribution in [0.3, 0.4) is 0 Å². The standard InChI is InChI=1S/C12H12N4O3/c17-11(16-5-1-2-8(16)12(18)19)9-10-14-4-7-15(10)6-3-13-9/h3-4,6-8H,1-2,5H2,(H,18,19)/t8-/m0/s1. The topological polar surface area (TPSA) is 87.8 Å². The van der Waals surface area contributed by atoms with E-state index in [1.165, 1.54) is 11.1 Å². The Morgan fingerprint density at radius 2 is 2.00 bits per heavy atom. The Labute approximate surface area is 108 Å². The molecular formula is C12H12N4O3. The molecule has 1 fully saturated rings. The normalized spacial score (nSPS) is 18.9. The molecule has 7 nitrogen and oxygen atoms in total. The third-order valence-corrected chi connectivity index (χ3v) is 3.31. The summed E-state index contributed by atoms with van der Waals surface area (Å²) in [4.78, 5) is 33.0. The summed E-state index contributed by atoms with van der Waals surface area (Å²) in [6.45, 7) is 0.444. The Hall–Kier alpha value is -2.44. The minimum atomic E-state index is -0.971. The first-order valence-corrected chi connectivity index (χ1v) is 6.00. The quantitative estimate of drug-likeness (QED) is 0.845. The molecule has 3 heterocycles. The molecule has 98 valence electrons. The molecule has 2 aromatic rings. The van der Waals surface area contributed by atoms with Crippen molar-refractivity contribution in [1.82, 2.24) is 19.3 Å². The zero-order chi connectivity index (χ0) is 13.4. The Morgan fingerprint density at radius 1 is 1.26 bits per heavy atom. The van der Waals surface area contributed by atoms with Crippen LogP contribution in [0, 0.1) is 0 Å². The number of carboxylic acids is 1. The highest BCUT2D eigenvalue weighted by Gasteiger charge is 2.35. The number of hydrogen-bond acceptors (Lipinski definition) is 4. The van der Waals surface area contributed by atoms with Crippen molar-refractivity contribution in [2.45, 2.75) is 18.9 Å². The van der Waals surface area contributed by atoms with Gasteiger partial charge in [-0.3, -0.25) is 4.79 Å². The van der Waals surface area contributed by atoms with Crippen LogP contribution in [0.15, 0.2) is 24.8 Å². The van der Waals surface area contributed by atoms with Crippen LogP contribution >= 0.6 is 0 Å². The molecule has 1 aliphatic rings. The molecule has 0 saturated carbocycles. The number of carboxylic acid groups (broad SMARTS) is 1. The van der Waals surface area contributed by atoms with E-state index in [2.05, 4.69) is 9.97 Å². The molecule has 0 aromatic carbocycles. The van der Waals surface area contributed by atoms with E-state index in [-0.39, 0.29) is 11.6 Å². The number of carbonyl (C=O) groups is 2. The number of nitrogens with zero attached hydrogens (tertiary/aromatic N) is 4. The molecule has 0 aliphatic carbocycles. The lowest BCUT2D eigenvalue weighted by atomic mass is 10.2. The number of amides is 1. The second-order valence-electron chi connectivity index (χ2n) is 4.43. The number of hydrogen-bond donors (Lipinski definition) is 1. The van der Waals surface area contributed by atoms with E-state index < -0.39 is 12.0 Å². The van der Waals surface area contributed by atoms with Gasteiger partial charge in [-0.15, -0.1) is 0 Å². The summed E-state index contributed by atoms with van der Waals surface area (Å²) in [6, 6.07) is -0.760. The van der Waals surface area contributed by atoms with Crippen LogP contribution in [0.4, 0.5) is 0 Å². The Kier molecular flexibility index (Phi) is 2.66. The average molecular weight is 260 g/mol. The van der Waals surface area contributed by atoms with Crippen molar-refractivity contribution in [1.29, 1.82) is 0 Å². The molecule has 0 bridgehead atoms. The lowest BCUT2D eigenvalue weighted by Gasteiger charge is -2.20. The van der Waals surface area contributed by atoms with E-state index in [4.69, 9.17) is 5.11 Å². The Bertz CT molecular complexity index is 651. The Balaban J connectivity index is 2.00. The molecule has 1 amide bonds. The fourth-order valence-electron chi connectivity index (χ4n) is 2.41. The third-order valence-electron chi connectivity index (χ3n) is 3.31. The van der Waals surface area contributed by atoms with Gasteiger partial charge in [-0.1, -0.05) is 0 Å². The molecule has 7 heteroatoms. The largest absolute Gasteiger partial charge is 0.480 e. The minimum absolute atomic E-state index is 0.195. The van der Waals surface area contributed by atoms with Crippen LogP contribution in [0.5, 0.6) is 0 Å². The first-order valence-electron chi connectivity index (χ1n) is 6.00. The highest BCUT2D eigenvalue weighted by Crippen LogP contribution is 2.20. The molecule has 0 unspecified atom stereocenters. The van der Waals surface area contributed by atoms with Gasteiger partial charge in [0.15, 0.2) is 11.3 Å². The minimum Gasteiger partial charge on any atom is -0.480 e. The van der Waals surface area contributed by atoms with Gasteiger partial charge in [0, 0.05) is 31.3 Å². The third kappa shape index (κ3) is 1.83. The highest BCUT2D eigenvalue weighted by molar-refractivity contribution is 5.99. The predicted molar refractivity (Wildman–Crippen MR) is 64.7 cm³/mol. The molecular weight excluding hydrogens is 248 g/mol. The molecule has 1 atom stereocenters. The Morgan fingerprint density at radius 3 is 2.74 bits per heavy atom. The zero-order valence-electron chi connectivity index (χ0n) is 10.1. The van der Waals surface area contributed by atoms with Crippen molar-refractivity contribution >= 4 is 17.5 Å². The first-order chi connectivity index (χ1) is 9.18. The van der Waals surface area contributed by atoms with Crippen LogP contribution in [0.1, 0.15) is 23.3 Å². The number of likely N-dealkylation sites (tertiary alicyclic amines) is 1. The van der Waals surface area contributed by atoms with Crippen LogP contribution in [-0.2, 0) is 4.79 Å². The monoisotopic (exact) mass is 260 g/mol. The molecule has 19 heavy (non-hydrogen) atoms. The fraction of sp³-hybridized carbons (Fsp3) is 0.333.